The smallest absolute Gasteiger partial charge is 0.306 e. The molecule has 0 saturated carbocycles. The molecule has 6 heteroatoms. The SMILES string of the molecule is CC(CCCNC(=O)c1cc[nH]c(=O)c1)C(=O)O. The van der Waals surface area contributed by atoms with Crippen LogP contribution in [0.4, 0.5) is 0 Å². The van der Waals surface area contributed by atoms with Crippen LogP contribution in [-0.2, 0) is 4.79 Å². The maximum atomic E-state index is 11.6. The number of nitrogens with one attached hydrogen (secondary N) is 2. The number of aliphatic carboxylic acids is 1. The summed E-state index contributed by atoms with van der Waals surface area (Å²) in [7, 11) is 0. The normalized spacial score (nSPS) is 11.8. The minimum atomic E-state index is -0.837. The van der Waals surface area contributed by atoms with E-state index in [9.17, 15) is 14.4 Å². The van der Waals surface area contributed by atoms with Gasteiger partial charge in [0.05, 0.1) is 5.92 Å². The fourth-order valence-electron chi connectivity index (χ4n) is 1.42. The third-order valence-electron chi connectivity index (χ3n) is 2.56. The lowest BCUT2D eigenvalue weighted by atomic mass is 10.1. The van der Waals surface area contributed by atoms with E-state index in [2.05, 4.69) is 10.3 Å². The molecular weight excluding hydrogens is 236 g/mol. The molecule has 0 aromatic carbocycles. The molecule has 0 saturated heterocycles. The van der Waals surface area contributed by atoms with Crippen LogP contribution < -0.4 is 10.9 Å². The van der Waals surface area contributed by atoms with Crippen molar-refractivity contribution < 1.29 is 14.7 Å². The Kier molecular flexibility index (Phi) is 5.10. The number of carboxylic acids is 1. The lowest BCUT2D eigenvalue weighted by molar-refractivity contribution is -0.141. The van der Waals surface area contributed by atoms with Gasteiger partial charge in [-0.05, 0) is 18.9 Å². The molecule has 0 spiro atoms. The molecule has 1 heterocycles. The highest BCUT2D eigenvalue weighted by atomic mass is 16.4. The molecule has 0 fully saturated rings. The molecule has 3 N–H and O–H groups in total. The Balaban J connectivity index is 2.34. The first-order valence-corrected chi connectivity index (χ1v) is 5.70. The van der Waals surface area contributed by atoms with Crippen LogP contribution in [0.3, 0.4) is 0 Å². The van der Waals surface area contributed by atoms with Gasteiger partial charge in [0, 0.05) is 24.4 Å². The summed E-state index contributed by atoms with van der Waals surface area (Å²) in [4.78, 5) is 35.6. The van der Waals surface area contributed by atoms with Crippen LogP contribution in [0.1, 0.15) is 30.1 Å². The summed E-state index contributed by atoms with van der Waals surface area (Å²) < 4.78 is 0. The largest absolute Gasteiger partial charge is 0.481 e. The lowest BCUT2D eigenvalue weighted by Crippen LogP contribution is -2.26. The van der Waals surface area contributed by atoms with Crippen molar-refractivity contribution in [2.24, 2.45) is 5.92 Å². The zero-order chi connectivity index (χ0) is 13.5. The van der Waals surface area contributed by atoms with Gasteiger partial charge in [0.25, 0.3) is 5.91 Å². The van der Waals surface area contributed by atoms with Crippen molar-refractivity contribution in [1.82, 2.24) is 10.3 Å². The molecule has 0 radical (unpaired) electrons. The molecule has 1 unspecified atom stereocenters. The summed E-state index contributed by atoms with van der Waals surface area (Å²) in [6.45, 7) is 2.02. The minimum Gasteiger partial charge on any atom is -0.481 e. The summed E-state index contributed by atoms with van der Waals surface area (Å²) in [6.07, 6.45) is 2.50. The number of carbonyl (C=O) groups excluding carboxylic acids is 1. The van der Waals surface area contributed by atoms with Gasteiger partial charge in [0.2, 0.25) is 5.56 Å². The van der Waals surface area contributed by atoms with Crippen molar-refractivity contribution in [1.29, 1.82) is 0 Å². The fraction of sp³-hybridized carbons (Fsp3) is 0.417. The number of aromatic amines is 1. The van der Waals surface area contributed by atoms with Crippen LogP contribution in [0.5, 0.6) is 0 Å². The number of rotatable bonds is 6. The van der Waals surface area contributed by atoms with Gasteiger partial charge < -0.3 is 15.4 Å². The summed E-state index contributed by atoms with van der Waals surface area (Å²) >= 11 is 0. The molecule has 0 aliphatic rings. The highest BCUT2D eigenvalue weighted by Crippen LogP contribution is 2.04. The number of H-pyrrole nitrogens is 1. The Hall–Kier alpha value is -2.11. The van der Waals surface area contributed by atoms with E-state index in [0.717, 1.165) is 0 Å². The van der Waals surface area contributed by atoms with Crippen LogP contribution in [0.2, 0.25) is 0 Å². The molecule has 18 heavy (non-hydrogen) atoms. The van der Waals surface area contributed by atoms with E-state index in [1.165, 1.54) is 18.3 Å². The zero-order valence-corrected chi connectivity index (χ0v) is 10.1. The standard InChI is InChI=1S/C12H16N2O4/c1-8(12(17)18)3-2-5-14-11(16)9-4-6-13-10(15)7-9/h4,6-8H,2-3,5H2,1H3,(H,13,15)(H,14,16)(H,17,18). The molecule has 1 rings (SSSR count). The van der Waals surface area contributed by atoms with E-state index >= 15 is 0 Å². The van der Waals surface area contributed by atoms with Gasteiger partial charge in [-0.1, -0.05) is 6.92 Å². The molecule has 6 nitrogen and oxygen atoms in total. The van der Waals surface area contributed by atoms with Crippen LogP contribution in [0, 0.1) is 5.92 Å². The molecule has 1 aromatic rings. The first-order chi connectivity index (χ1) is 8.50. The molecule has 98 valence electrons. The van der Waals surface area contributed by atoms with Crippen molar-refractivity contribution in [3.05, 3.63) is 34.2 Å². The van der Waals surface area contributed by atoms with Crippen molar-refractivity contribution >= 4 is 11.9 Å². The van der Waals surface area contributed by atoms with Gasteiger partial charge in [0.1, 0.15) is 0 Å². The summed E-state index contributed by atoms with van der Waals surface area (Å²) in [6, 6.07) is 2.73. The molecule has 0 bridgehead atoms. The van der Waals surface area contributed by atoms with Crippen LogP contribution in [-0.4, -0.2) is 28.5 Å². The van der Waals surface area contributed by atoms with Gasteiger partial charge in [-0.15, -0.1) is 0 Å². The second-order valence-electron chi connectivity index (χ2n) is 4.08. The van der Waals surface area contributed by atoms with Crippen LogP contribution in [0.25, 0.3) is 0 Å². The molecular formula is C12H16N2O4. The van der Waals surface area contributed by atoms with Crippen molar-refractivity contribution in [2.45, 2.75) is 19.8 Å². The Morgan fingerprint density at radius 1 is 1.50 bits per heavy atom. The molecule has 1 amide bonds. The Morgan fingerprint density at radius 2 is 2.22 bits per heavy atom. The van der Waals surface area contributed by atoms with E-state index in [4.69, 9.17) is 5.11 Å². The van der Waals surface area contributed by atoms with Crippen LogP contribution in [0.15, 0.2) is 23.1 Å². The molecule has 0 aliphatic heterocycles. The number of carbonyl (C=O) groups is 2. The molecule has 1 atom stereocenters. The van der Waals surface area contributed by atoms with Gasteiger partial charge in [-0.2, -0.15) is 0 Å². The number of pyridine rings is 1. The summed E-state index contributed by atoms with van der Waals surface area (Å²) in [5, 5.41) is 11.3. The molecule has 1 aromatic heterocycles. The predicted octanol–water partition coefficient (Wildman–Crippen LogP) is 0.606. The maximum Gasteiger partial charge on any atom is 0.306 e. The van der Waals surface area contributed by atoms with Gasteiger partial charge in [-0.3, -0.25) is 14.4 Å². The van der Waals surface area contributed by atoms with E-state index in [0.29, 0.717) is 24.9 Å². The van der Waals surface area contributed by atoms with Crippen molar-refractivity contribution in [2.75, 3.05) is 6.54 Å². The topological polar surface area (TPSA) is 99.3 Å². The van der Waals surface area contributed by atoms with Gasteiger partial charge in [0.15, 0.2) is 0 Å². The van der Waals surface area contributed by atoms with Crippen molar-refractivity contribution in [3.63, 3.8) is 0 Å². The van der Waals surface area contributed by atoms with E-state index in [1.54, 1.807) is 6.92 Å². The lowest BCUT2D eigenvalue weighted by Gasteiger charge is -2.07. The van der Waals surface area contributed by atoms with E-state index < -0.39 is 11.9 Å². The predicted molar refractivity (Wildman–Crippen MR) is 65.4 cm³/mol. The number of aromatic nitrogens is 1. The third kappa shape index (κ3) is 4.40. The highest BCUT2D eigenvalue weighted by molar-refractivity contribution is 5.93. The monoisotopic (exact) mass is 252 g/mol. The average Bonchev–Trinajstić information content (AvgIpc) is 2.33. The fourth-order valence-corrected chi connectivity index (χ4v) is 1.42. The Morgan fingerprint density at radius 3 is 2.83 bits per heavy atom. The third-order valence-corrected chi connectivity index (χ3v) is 2.56. The summed E-state index contributed by atoms with van der Waals surface area (Å²) in [5.74, 6) is -1.58. The second-order valence-corrected chi connectivity index (χ2v) is 4.08. The average molecular weight is 252 g/mol. The summed E-state index contributed by atoms with van der Waals surface area (Å²) in [5.41, 5.74) is -0.0350. The first-order valence-electron chi connectivity index (χ1n) is 5.70. The Bertz CT molecular complexity index is 481. The van der Waals surface area contributed by atoms with Gasteiger partial charge in [-0.25, -0.2) is 0 Å². The highest BCUT2D eigenvalue weighted by Gasteiger charge is 2.10. The number of hydrogen-bond donors (Lipinski definition) is 3. The second kappa shape index (κ2) is 6.58. The van der Waals surface area contributed by atoms with Crippen molar-refractivity contribution in [3.8, 4) is 0 Å². The quantitative estimate of drug-likeness (QED) is 0.646. The Labute approximate surface area is 104 Å². The molecule has 0 aliphatic carbocycles. The maximum absolute atomic E-state index is 11.6. The van der Waals surface area contributed by atoms with E-state index in [-0.39, 0.29) is 11.5 Å². The zero-order valence-electron chi connectivity index (χ0n) is 10.1. The van der Waals surface area contributed by atoms with E-state index in [1.807, 2.05) is 0 Å². The number of hydrogen-bond acceptors (Lipinski definition) is 3. The number of amides is 1. The number of carboxylic acid groups (broad SMARTS) is 1. The minimum absolute atomic E-state index is 0.296. The van der Waals surface area contributed by atoms with Crippen LogP contribution >= 0.6 is 0 Å². The van der Waals surface area contributed by atoms with Gasteiger partial charge >= 0.3 is 5.97 Å². The first kappa shape index (κ1) is 14.0.